The van der Waals surface area contributed by atoms with Crippen LogP contribution in [0.1, 0.15) is 73.6 Å². The summed E-state index contributed by atoms with van der Waals surface area (Å²) in [5.41, 5.74) is -1.09. The quantitative estimate of drug-likeness (QED) is 0.464. The lowest BCUT2D eigenvalue weighted by atomic mass is 9.59. The zero-order valence-corrected chi connectivity index (χ0v) is 20.9. The second kappa shape index (κ2) is 8.20. The van der Waals surface area contributed by atoms with Crippen molar-refractivity contribution in [3.8, 4) is 0 Å². The topological polar surface area (TPSA) is 83.6 Å². The Labute approximate surface area is 197 Å². The van der Waals surface area contributed by atoms with Crippen LogP contribution >= 0.6 is 0 Å². The van der Waals surface area contributed by atoms with Crippen molar-refractivity contribution in [2.75, 3.05) is 6.61 Å². The van der Waals surface area contributed by atoms with Gasteiger partial charge in [-0.25, -0.2) is 0 Å². The highest BCUT2D eigenvalue weighted by molar-refractivity contribution is 5.69. The zero-order valence-electron chi connectivity index (χ0n) is 20.9. The van der Waals surface area contributed by atoms with E-state index in [4.69, 9.17) is 23.7 Å². The van der Waals surface area contributed by atoms with E-state index in [1.807, 2.05) is 6.92 Å². The van der Waals surface area contributed by atoms with Crippen LogP contribution in [0, 0.1) is 29.6 Å². The lowest BCUT2D eigenvalue weighted by molar-refractivity contribution is -0.203. The van der Waals surface area contributed by atoms with Crippen molar-refractivity contribution in [3.05, 3.63) is 0 Å². The van der Waals surface area contributed by atoms with Crippen molar-refractivity contribution in [1.82, 2.24) is 0 Å². The smallest absolute Gasteiger partial charge is 0.306 e. The molecule has 0 unspecified atom stereocenters. The van der Waals surface area contributed by atoms with Crippen LogP contribution in [0.3, 0.4) is 0 Å². The number of rotatable bonds is 4. The van der Waals surface area contributed by atoms with Gasteiger partial charge in [0.2, 0.25) is 0 Å². The van der Waals surface area contributed by atoms with Gasteiger partial charge in [0.1, 0.15) is 17.8 Å². The molecule has 33 heavy (non-hydrogen) atoms. The van der Waals surface area contributed by atoms with E-state index < -0.39 is 11.7 Å². The molecule has 0 amide bonds. The average molecular weight is 465 g/mol. The predicted molar refractivity (Wildman–Crippen MR) is 119 cm³/mol. The second-order valence-corrected chi connectivity index (χ2v) is 11.8. The van der Waals surface area contributed by atoms with Crippen LogP contribution in [0.25, 0.3) is 0 Å². The predicted octanol–water partition coefficient (Wildman–Crippen LogP) is 3.66. The molecule has 2 bridgehead atoms. The molecule has 0 aromatic heterocycles. The van der Waals surface area contributed by atoms with Crippen molar-refractivity contribution in [3.63, 3.8) is 0 Å². The summed E-state index contributed by atoms with van der Waals surface area (Å²) in [6.07, 6.45) is 2.65. The molecule has 0 radical (unpaired) electrons. The van der Waals surface area contributed by atoms with Gasteiger partial charge in [0.05, 0.1) is 30.5 Å². The van der Waals surface area contributed by atoms with Crippen molar-refractivity contribution in [1.29, 1.82) is 0 Å². The molecule has 1 saturated carbocycles. The Morgan fingerprint density at radius 2 is 1.82 bits per heavy atom. The first-order chi connectivity index (χ1) is 15.6. The van der Waals surface area contributed by atoms with E-state index in [1.165, 1.54) is 6.92 Å². The largest absolute Gasteiger partial charge is 0.462 e. The van der Waals surface area contributed by atoms with E-state index in [2.05, 4.69) is 27.7 Å². The lowest BCUT2D eigenvalue weighted by Gasteiger charge is -2.47. The molecule has 4 aliphatic heterocycles. The molecular weight excluding hydrogens is 424 g/mol. The SMILES string of the molecule is CCCC(=O)O[C@H]1[C@@H]2[C@@H]3[C@@H](C[C@H]1C)[C@@H](C)CO[C@]1(C)[C@@H]3O[C@@H]2C[C@@]2(C)O[C@H]2C[C@H]1OC(C)=O. The number of hydrogen-bond acceptors (Lipinski definition) is 7. The van der Waals surface area contributed by atoms with Gasteiger partial charge in [-0.2, -0.15) is 0 Å². The number of hydrogen-bond donors (Lipinski definition) is 0. The average Bonchev–Trinajstić information content (AvgIpc) is 3.22. The Bertz CT molecular complexity index is 800. The molecule has 5 rings (SSSR count). The molecule has 0 spiro atoms. The van der Waals surface area contributed by atoms with Crippen LogP contribution in [0.4, 0.5) is 0 Å². The van der Waals surface area contributed by atoms with E-state index in [9.17, 15) is 9.59 Å². The second-order valence-electron chi connectivity index (χ2n) is 11.8. The van der Waals surface area contributed by atoms with E-state index in [0.29, 0.717) is 31.3 Å². The zero-order chi connectivity index (χ0) is 23.7. The summed E-state index contributed by atoms with van der Waals surface area (Å²) in [5.74, 6) is 0.853. The molecule has 4 saturated heterocycles. The van der Waals surface area contributed by atoms with Gasteiger partial charge in [0.15, 0.2) is 0 Å². The summed E-state index contributed by atoms with van der Waals surface area (Å²) in [4.78, 5) is 24.7. The van der Waals surface area contributed by atoms with Crippen LogP contribution in [0.15, 0.2) is 0 Å². The first-order valence-electron chi connectivity index (χ1n) is 12.9. The van der Waals surface area contributed by atoms with Gasteiger partial charge < -0.3 is 23.7 Å². The molecule has 186 valence electrons. The van der Waals surface area contributed by atoms with Gasteiger partial charge in [-0.05, 0) is 44.4 Å². The van der Waals surface area contributed by atoms with Gasteiger partial charge in [-0.3, -0.25) is 9.59 Å². The first-order valence-corrected chi connectivity index (χ1v) is 12.9. The Morgan fingerprint density at radius 3 is 2.52 bits per heavy atom. The first kappa shape index (κ1) is 23.6. The molecule has 7 nitrogen and oxygen atoms in total. The van der Waals surface area contributed by atoms with Crippen LogP contribution < -0.4 is 0 Å². The minimum Gasteiger partial charge on any atom is -0.462 e. The summed E-state index contributed by atoms with van der Waals surface area (Å²) in [5, 5.41) is 0. The highest BCUT2D eigenvalue weighted by Gasteiger charge is 2.69. The minimum absolute atomic E-state index is 0.00209. The molecule has 5 fully saturated rings. The van der Waals surface area contributed by atoms with Crippen LogP contribution in [-0.4, -0.2) is 60.3 Å². The van der Waals surface area contributed by atoms with E-state index in [0.717, 1.165) is 19.3 Å². The standard InChI is InChI=1S/C26H40O7/c1-7-8-20(28)32-23-13(2)9-16-14(3)12-29-26(6)19(30-15(4)27)10-18-25(5,33-18)11-17-22(23)21(16)24(26)31-17/h13-14,16-19,21-24H,7-12H2,1-6H3/t13-,14+,16+,17-,18+,19-,21+,22+,23-,24-,25-,26+/m1/s1. The number of ether oxygens (including phenoxy) is 5. The van der Waals surface area contributed by atoms with Gasteiger partial charge in [0, 0.05) is 38.0 Å². The molecule has 0 aromatic carbocycles. The lowest BCUT2D eigenvalue weighted by Crippen LogP contribution is -2.57. The van der Waals surface area contributed by atoms with E-state index in [-0.39, 0.29) is 59.7 Å². The van der Waals surface area contributed by atoms with Crippen LogP contribution in [-0.2, 0) is 33.3 Å². The summed E-state index contributed by atoms with van der Waals surface area (Å²) in [6, 6.07) is 0. The molecule has 0 aromatic rings. The monoisotopic (exact) mass is 464 g/mol. The van der Waals surface area contributed by atoms with Gasteiger partial charge in [0.25, 0.3) is 0 Å². The van der Waals surface area contributed by atoms with Crippen LogP contribution in [0.2, 0.25) is 0 Å². The maximum absolute atomic E-state index is 12.6. The Morgan fingerprint density at radius 1 is 1.06 bits per heavy atom. The third-order valence-electron chi connectivity index (χ3n) is 9.32. The molecule has 7 heteroatoms. The third kappa shape index (κ3) is 3.82. The van der Waals surface area contributed by atoms with Crippen molar-refractivity contribution < 1.29 is 33.3 Å². The maximum Gasteiger partial charge on any atom is 0.306 e. The third-order valence-corrected chi connectivity index (χ3v) is 9.32. The number of carbonyl (C=O) groups is 2. The summed E-state index contributed by atoms with van der Waals surface area (Å²) >= 11 is 0. The number of esters is 2. The molecule has 1 aliphatic carbocycles. The highest BCUT2D eigenvalue weighted by Crippen LogP contribution is 2.60. The Balaban J connectivity index is 1.58. The Hall–Kier alpha value is -1.18. The number of epoxide rings is 1. The summed E-state index contributed by atoms with van der Waals surface area (Å²) in [7, 11) is 0. The normalized spacial score (nSPS) is 52.4. The van der Waals surface area contributed by atoms with Crippen LogP contribution in [0.5, 0.6) is 0 Å². The van der Waals surface area contributed by atoms with Crippen molar-refractivity contribution >= 4 is 11.9 Å². The molecular formula is C26H40O7. The molecule has 0 N–H and O–H groups in total. The number of fused-ring (bicyclic) bond motifs is 3. The van der Waals surface area contributed by atoms with Gasteiger partial charge >= 0.3 is 11.9 Å². The minimum atomic E-state index is -0.776. The highest BCUT2D eigenvalue weighted by atomic mass is 16.6. The fourth-order valence-corrected chi connectivity index (χ4v) is 7.54. The van der Waals surface area contributed by atoms with Gasteiger partial charge in [-0.1, -0.05) is 20.8 Å². The van der Waals surface area contributed by atoms with E-state index >= 15 is 0 Å². The van der Waals surface area contributed by atoms with E-state index in [1.54, 1.807) is 0 Å². The van der Waals surface area contributed by atoms with Gasteiger partial charge in [-0.15, -0.1) is 0 Å². The Kier molecular flexibility index (Phi) is 5.85. The molecule has 12 atom stereocenters. The fraction of sp³-hybridized carbons (Fsp3) is 0.923. The maximum atomic E-state index is 12.6. The summed E-state index contributed by atoms with van der Waals surface area (Å²) in [6.45, 7) is 12.7. The number of carbonyl (C=O) groups excluding carboxylic acids is 2. The van der Waals surface area contributed by atoms with Crippen molar-refractivity contribution in [2.45, 2.75) is 115 Å². The fourth-order valence-electron chi connectivity index (χ4n) is 7.54. The molecule has 5 aliphatic rings. The summed E-state index contributed by atoms with van der Waals surface area (Å²) < 4.78 is 31.8. The molecule has 4 heterocycles. The van der Waals surface area contributed by atoms with Crippen molar-refractivity contribution in [2.24, 2.45) is 29.6 Å².